The third-order valence-corrected chi connectivity index (χ3v) is 5.58. The third-order valence-electron chi connectivity index (χ3n) is 5.58. The van der Waals surface area contributed by atoms with Crippen LogP contribution in [-0.2, 0) is 9.59 Å². The Balaban J connectivity index is 1.58. The summed E-state index contributed by atoms with van der Waals surface area (Å²) < 4.78 is 0. The van der Waals surface area contributed by atoms with Gasteiger partial charge in [0, 0.05) is 12.5 Å². The molecule has 2 unspecified atom stereocenters. The number of carbonyl (C=O) groups is 2. The molecule has 0 bridgehead atoms. The van der Waals surface area contributed by atoms with Gasteiger partial charge in [0.15, 0.2) is 0 Å². The lowest BCUT2D eigenvalue weighted by Gasteiger charge is -2.33. The lowest BCUT2D eigenvalue weighted by atomic mass is 9.74. The molecule has 1 amide bonds. The van der Waals surface area contributed by atoms with Gasteiger partial charge in [-0.1, -0.05) is 43.5 Å². The van der Waals surface area contributed by atoms with Crippen LogP contribution >= 0.6 is 0 Å². The normalized spacial score (nSPS) is 25.6. The van der Waals surface area contributed by atoms with Crippen molar-refractivity contribution in [2.75, 3.05) is 6.54 Å². The molecule has 0 heterocycles. The van der Waals surface area contributed by atoms with E-state index < -0.39 is 11.4 Å². The number of carboxylic acids is 1. The third kappa shape index (κ3) is 3.26. The van der Waals surface area contributed by atoms with E-state index in [0.717, 1.165) is 25.7 Å². The molecule has 2 N–H and O–H groups in total. The van der Waals surface area contributed by atoms with Gasteiger partial charge in [-0.3, -0.25) is 9.59 Å². The molecule has 23 heavy (non-hydrogen) atoms. The predicted octanol–water partition coefficient (Wildman–Crippen LogP) is 3.25. The number of aryl methyl sites for hydroxylation is 1. The van der Waals surface area contributed by atoms with Crippen LogP contribution in [0.4, 0.5) is 0 Å². The zero-order valence-corrected chi connectivity index (χ0v) is 13.7. The molecule has 0 aliphatic heterocycles. The summed E-state index contributed by atoms with van der Waals surface area (Å²) in [5.74, 6) is -0.443. The molecule has 1 aromatic rings. The SMILES string of the molecule is Cc1ccccc1C1CC1C(=O)NCC1(C(=O)O)CCCCC1. The zero-order valence-electron chi connectivity index (χ0n) is 13.7. The molecule has 0 radical (unpaired) electrons. The number of hydrogen-bond acceptors (Lipinski definition) is 2. The average Bonchev–Trinajstić information content (AvgIpc) is 3.34. The van der Waals surface area contributed by atoms with E-state index in [2.05, 4.69) is 24.4 Å². The van der Waals surface area contributed by atoms with Crippen LogP contribution in [0.3, 0.4) is 0 Å². The standard InChI is InChI=1S/C19H25NO3/c1-13-7-3-4-8-14(13)15-11-16(15)17(21)20-12-19(18(22)23)9-5-2-6-10-19/h3-4,7-8,15-16H,2,5-6,9-12H2,1H3,(H,20,21)(H,22,23). The highest BCUT2D eigenvalue weighted by atomic mass is 16.4. The van der Waals surface area contributed by atoms with Crippen LogP contribution in [0.15, 0.2) is 24.3 Å². The minimum absolute atomic E-state index is 0.00513. The van der Waals surface area contributed by atoms with Gasteiger partial charge in [-0.15, -0.1) is 0 Å². The van der Waals surface area contributed by atoms with E-state index in [1.54, 1.807) is 0 Å². The van der Waals surface area contributed by atoms with Crippen molar-refractivity contribution in [2.24, 2.45) is 11.3 Å². The molecule has 4 heteroatoms. The van der Waals surface area contributed by atoms with Gasteiger partial charge >= 0.3 is 5.97 Å². The Labute approximate surface area is 137 Å². The Kier molecular flexibility index (Phi) is 4.42. The summed E-state index contributed by atoms with van der Waals surface area (Å²) in [5.41, 5.74) is 1.72. The van der Waals surface area contributed by atoms with Crippen LogP contribution in [0.25, 0.3) is 0 Å². The van der Waals surface area contributed by atoms with Crippen molar-refractivity contribution in [3.05, 3.63) is 35.4 Å². The van der Waals surface area contributed by atoms with Gasteiger partial charge in [0.1, 0.15) is 0 Å². The van der Waals surface area contributed by atoms with E-state index in [-0.39, 0.29) is 18.4 Å². The summed E-state index contributed by atoms with van der Waals surface area (Å²) in [6.07, 6.45) is 5.20. The summed E-state index contributed by atoms with van der Waals surface area (Å²) in [6, 6.07) is 8.18. The lowest BCUT2D eigenvalue weighted by Crippen LogP contribution is -2.44. The fourth-order valence-corrected chi connectivity index (χ4v) is 3.91. The molecule has 2 fully saturated rings. The topological polar surface area (TPSA) is 66.4 Å². The first-order chi connectivity index (χ1) is 11.0. The molecule has 2 aliphatic rings. The minimum atomic E-state index is -0.760. The second kappa shape index (κ2) is 6.34. The van der Waals surface area contributed by atoms with Gasteiger partial charge in [-0.2, -0.15) is 0 Å². The minimum Gasteiger partial charge on any atom is -0.481 e. The van der Waals surface area contributed by atoms with Gasteiger partial charge in [-0.05, 0) is 43.2 Å². The average molecular weight is 315 g/mol. The summed E-state index contributed by atoms with van der Waals surface area (Å²) >= 11 is 0. The van der Waals surface area contributed by atoms with Gasteiger partial charge in [0.25, 0.3) is 0 Å². The molecule has 0 spiro atoms. The van der Waals surface area contributed by atoms with Gasteiger partial charge in [0.05, 0.1) is 5.41 Å². The number of rotatable bonds is 5. The highest BCUT2D eigenvalue weighted by Gasteiger charge is 2.46. The molecule has 1 aromatic carbocycles. The molecular weight excluding hydrogens is 290 g/mol. The van der Waals surface area contributed by atoms with Crippen LogP contribution in [0.2, 0.25) is 0 Å². The Hall–Kier alpha value is -1.84. The van der Waals surface area contributed by atoms with Crippen molar-refractivity contribution in [2.45, 2.75) is 51.4 Å². The number of carbonyl (C=O) groups excluding carboxylic acids is 1. The van der Waals surface area contributed by atoms with Crippen LogP contribution in [-0.4, -0.2) is 23.5 Å². The van der Waals surface area contributed by atoms with Crippen molar-refractivity contribution >= 4 is 11.9 Å². The molecular formula is C19H25NO3. The molecule has 124 valence electrons. The van der Waals surface area contributed by atoms with E-state index in [1.165, 1.54) is 11.1 Å². The Morgan fingerprint density at radius 2 is 1.91 bits per heavy atom. The van der Waals surface area contributed by atoms with Crippen LogP contribution in [0, 0.1) is 18.3 Å². The van der Waals surface area contributed by atoms with Gasteiger partial charge < -0.3 is 10.4 Å². The number of hydrogen-bond donors (Lipinski definition) is 2. The largest absolute Gasteiger partial charge is 0.481 e. The van der Waals surface area contributed by atoms with E-state index in [1.807, 2.05) is 12.1 Å². The Morgan fingerprint density at radius 1 is 1.22 bits per heavy atom. The highest BCUT2D eigenvalue weighted by Crippen LogP contribution is 2.48. The van der Waals surface area contributed by atoms with Crippen molar-refractivity contribution in [1.29, 1.82) is 0 Å². The molecule has 4 nitrogen and oxygen atoms in total. The van der Waals surface area contributed by atoms with Crippen molar-refractivity contribution < 1.29 is 14.7 Å². The van der Waals surface area contributed by atoms with Crippen molar-refractivity contribution in [1.82, 2.24) is 5.32 Å². The summed E-state index contributed by atoms with van der Waals surface area (Å²) in [7, 11) is 0. The zero-order chi connectivity index (χ0) is 16.4. The number of amides is 1. The number of carboxylic acid groups (broad SMARTS) is 1. The van der Waals surface area contributed by atoms with E-state index >= 15 is 0 Å². The first kappa shape index (κ1) is 16.0. The molecule has 2 aliphatic carbocycles. The summed E-state index contributed by atoms with van der Waals surface area (Å²) in [4.78, 5) is 24.1. The van der Waals surface area contributed by atoms with E-state index in [4.69, 9.17) is 0 Å². The summed E-state index contributed by atoms with van der Waals surface area (Å²) in [6.45, 7) is 2.35. The fraction of sp³-hybridized carbons (Fsp3) is 0.579. The van der Waals surface area contributed by atoms with E-state index in [9.17, 15) is 14.7 Å². The smallest absolute Gasteiger partial charge is 0.311 e. The molecule has 0 saturated heterocycles. The van der Waals surface area contributed by atoms with Crippen LogP contribution < -0.4 is 5.32 Å². The molecule has 0 aromatic heterocycles. The van der Waals surface area contributed by atoms with Crippen molar-refractivity contribution in [3.8, 4) is 0 Å². The van der Waals surface area contributed by atoms with Gasteiger partial charge in [0.2, 0.25) is 5.91 Å². The monoisotopic (exact) mass is 315 g/mol. The maximum atomic E-state index is 12.4. The first-order valence-corrected chi connectivity index (χ1v) is 8.60. The quantitative estimate of drug-likeness (QED) is 0.876. The second-order valence-electron chi connectivity index (χ2n) is 7.17. The Bertz CT molecular complexity index is 604. The maximum Gasteiger partial charge on any atom is 0.311 e. The highest BCUT2D eigenvalue weighted by molar-refractivity contribution is 5.84. The second-order valence-corrected chi connectivity index (χ2v) is 7.17. The number of nitrogens with one attached hydrogen (secondary N) is 1. The summed E-state index contributed by atoms with van der Waals surface area (Å²) in [5, 5.41) is 12.5. The Morgan fingerprint density at radius 3 is 2.57 bits per heavy atom. The van der Waals surface area contributed by atoms with Gasteiger partial charge in [-0.25, -0.2) is 0 Å². The predicted molar refractivity (Wildman–Crippen MR) is 88.2 cm³/mol. The number of benzene rings is 1. The van der Waals surface area contributed by atoms with Crippen LogP contribution in [0.1, 0.15) is 55.6 Å². The van der Waals surface area contributed by atoms with Crippen molar-refractivity contribution in [3.63, 3.8) is 0 Å². The molecule has 2 atom stereocenters. The first-order valence-electron chi connectivity index (χ1n) is 8.60. The fourth-order valence-electron chi connectivity index (χ4n) is 3.91. The molecule has 3 rings (SSSR count). The van der Waals surface area contributed by atoms with E-state index in [0.29, 0.717) is 18.8 Å². The molecule has 2 saturated carbocycles. The lowest BCUT2D eigenvalue weighted by molar-refractivity contribution is -0.151. The number of aliphatic carboxylic acids is 1. The van der Waals surface area contributed by atoms with Crippen LogP contribution in [0.5, 0.6) is 0 Å². The maximum absolute atomic E-state index is 12.4.